The molecule has 102 valence electrons. The molecule has 1 saturated carbocycles. The van der Waals surface area contributed by atoms with Crippen molar-refractivity contribution in [3.8, 4) is 0 Å². The molecule has 1 saturated heterocycles. The van der Waals surface area contributed by atoms with Crippen LogP contribution in [-0.2, 0) is 4.74 Å². The molecule has 1 aliphatic carbocycles. The molecule has 1 spiro atoms. The van der Waals surface area contributed by atoms with E-state index >= 15 is 0 Å². The molecule has 1 aliphatic heterocycles. The molecular formula is C15H16BrClO2. The van der Waals surface area contributed by atoms with Gasteiger partial charge in [-0.15, -0.1) is 0 Å². The lowest BCUT2D eigenvalue weighted by atomic mass is 9.70. The molecule has 1 heterocycles. The smallest absolute Gasteiger partial charge is 0.167 e. The lowest BCUT2D eigenvalue weighted by molar-refractivity contribution is -0.137. The van der Waals surface area contributed by atoms with Gasteiger partial charge in [-0.05, 0) is 60.2 Å². The van der Waals surface area contributed by atoms with Crippen LogP contribution in [0.3, 0.4) is 0 Å². The first kappa shape index (κ1) is 13.6. The Bertz CT molecular complexity index is 511. The Balaban J connectivity index is 1.81. The van der Waals surface area contributed by atoms with E-state index in [1.54, 1.807) is 0 Å². The van der Waals surface area contributed by atoms with Gasteiger partial charge in [-0.25, -0.2) is 0 Å². The zero-order valence-electron chi connectivity index (χ0n) is 10.6. The standard InChI is InChI=1S/C15H16BrClO2/c16-12-4-1-3-11(13(12)17)14(18)10-5-8-19-15(9-10)6-2-7-15/h1,3-4,10H,2,5-9H2. The van der Waals surface area contributed by atoms with Crippen LogP contribution >= 0.6 is 27.5 Å². The third-order valence-corrected chi connectivity index (χ3v) is 5.64. The Morgan fingerprint density at radius 3 is 2.89 bits per heavy atom. The van der Waals surface area contributed by atoms with E-state index in [1.807, 2.05) is 18.2 Å². The third kappa shape index (κ3) is 2.48. The van der Waals surface area contributed by atoms with Crippen molar-refractivity contribution >= 4 is 33.3 Å². The van der Waals surface area contributed by atoms with E-state index in [2.05, 4.69) is 15.9 Å². The minimum absolute atomic E-state index is 0.00291. The summed E-state index contributed by atoms with van der Waals surface area (Å²) < 4.78 is 6.66. The first-order valence-electron chi connectivity index (χ1n) is 6.73. The second kappa shape index (κ2) is 5.19. The molecule has 2 fully saturated rings. The average molecular weight is 344 g/mol. The fourth-order valence-electron chi connectivity index (χ4n) is 3.09. The van der Waals surface area contributed by atoms with E-state index in [1.165, 1.54) is 6.42 Å². The zero-order valence-corrected chi connectivity index (χ0v) is 13.0. The summed E-state index contributed by atoms with van der Waals surface area (Å²) in [7, 11) is 0. The van der Waals surface area contributed by atoms with Gasteiger partial charge in [0.05, 0.1) is 10.6 Å². The molecule has 1 unspecified atom stereocenters. The van der Waals surface area contributed by atoms with Gasteiger partial charge in [-0.1, -0.05) is 17.7 Å². The van der Waals surface area contributed by atoms with Gasteiger partial charge < -0.3 is 4.74 Å². The van der Waals surface area contributed by atoms with Crippen molar-refractivity contribution in [2.45, 2.75) is 37.7 Å². The third-order valence-electron chi connectivity index (χ3n) is 4.35. The molecule has 0 N–H and O–H groups in total. The predicted molar refractivity (Wildman–Crippen MR) is 78.7 cm³/mol. The molecule has 2 aliphatic rings. The molecule has 0 aromatic heterocycles. The highest BCUT2D eigenvalue weighted by atomic mass is 79.9. The summed E-state index contributed by atoms with van der Waals surface area (Å²) in [6, 6.07) is 5.54. The maximum Gasteiger partial charge on any atom is 0.167 e. The summed E-state index contributed by atoms with van der Waals surface area (Å²) in [5.41, 5.74) is 0.634. The highest BCUT2D eigenvalue weighted by molar-refractivity contribution is 9.10. The molecule has 1 atom stereocenters. The van der Waals surface area contributed by atoms with E-state index in [0.717, 1.165) is 30.2 Å². The summed E-state index contributed by atoms with van der Waals surface area (Å²) in [5, 5.41) is 0.529. The van der Waals surface area contributed by atoms with Gasteiger partial charge in [0.15, 0.2) is 5.78 Å². The van der Waals surface area contributed by atoms with E-state index in [-0.39, 0.29) is 17.3 Å². The lowest BCUT2D eigenvalue weighted by Gasteiger charge is -2.46. The molecule has 0 radical (unpaired) electrons. The van der Waals surface area contributed by atoms with Gasteiger partial charge in [-0.3, -0.25) is 4.79 Å². The summed E-state index contributed by atoms with van der Waals surface area (Å²) in [5.74, 6) is 0.224. The number of halogens is 2. The molecule has 3 rings (SSSR count). The molecular weight excluding hydrogens is 328 g/mol. The van der Waals surface area contributed by atoms with Crippen molar-refractivity contribution in [1.82, 2.24) is 0 Å². The summed E-state index contributed by atoms with van der Waals surface area (Å²) in [6.45, 7) is 0.696. The quantitative estimate of drug-likeness (QED) is 0.732. The Kier molecular flexibility index (Phi) is 3.71. The van der Waals surface area contributed by atoms with Gasteiger partial charge in [0.2, 0.25) is 0 Å². The fraction of sp³-hybridized carbons (Fsp3) is 0.533. The summed E-state index contributed by atoms with van der Waals surface area (Å²) >= 11 is 9.60. The van der Waals surface area contributed by atoms with Crippen molar-refractivity contribution < 1.29 is 9.53 Å². The number of hydrogen-bond donors (Lipinski definition) is 0. The number of rotatable bonds is 2. The molecule has 19 heavy (non-hydrogen) atoms. The number of carbonyl (C=O) groups is 1. The van der Waals surface area contributed by atoms with E-state index in [0.29, 0.717) is 17.2 Å². The minimum Gasteiger partial charge on any atom is -0.375 e. The zero-order chi connectivity index (χ0) is 13.5. The predicted octanol–water partition coefficient (Wildman–Crippen LogP) is 4.63. The molecule has 0 bridgehead atoms. The van der Waals surface area contributed by atoms with Crippen LogP contribution in [-0.4, -0.2) is 18.0 Å². The van der Waals surface area contributed by atoms with Crippen molar-refractivity contribution in [3.63, 3.8) is 0 Å². The highest BCUT2D eigenvalue weighted by Crippen LogP contribution is 2.45. The van der Waals surface area contributed by atoms with Crippen LogP contribution in [0.4, 0.5) is 0 Å². The van der Waals surface area contributed by atoms with Crippen molar-refractivity contribution in [3.05, 3.63) is 33.3 Å². The van der Waals surface area contributed by atoms with Crippen LogP contribution in [0.15, 0.2) is 22.7 Å². The van der Waals surface area contributed by atoms with Crippen LogP contribution in [0, 0.1) is 5.92 Å². The Morgan fingerprint density at radius 2 is 2.21 bits per heavy atom. The molecule has 0 amide bonds. The maximum absolute atomic E-state index is 12.6. The monoisotopic (exact) mass is 342 g/mol. The van der Waals surface area contributed by atoms with Crippen molar-refractivity contribution in [1.29, 1.82) is 0 Å². The Morgan fingerprint density at radius 1 is 1.42 bits per heavy atom. The van der Waals surface area contributed by atoms with Gasteiger partial charge in [0, 0.05) is 22.6 Å². The number of hydrogen-bond acceptors (Lipinski definition) is 2. The number of ether oxygens (including phenoxy) is 1. The Hall–Kier alpha value is -0.380. The maximum atomic E-state index is 12.6. The van der Waals surface area contributed by atoms with E-state index < -0.39 is 0 Å². The second-order valence-electron chi connectivity index (χ2n) is 5.54. The van der Waals surface area contributed by atoms with Crippen LogP contribution < -0.4 is 0 Å². The van der Waals surface area contributed by atoms with E-state index in [9.17, 15) is 4.79 Å². The summed E-state index contributed by atoms with van der Waals surface area (Å²) in [6.07, 6.45) is 5.09. The van der Waals surface area contributed by atoms with Crippen LogP contribution in [0.1, 0.15) is 42.5 Å². The molecule has 1 aromatic rings. The van der Waals surface area contributed by atoms with Gasteiger partial charge in [0.25, 0.3) is 0 Å². The second-order valence-corrected chi connectivity index (χ2v) is 6.77. The largest absolute Gasteiger partial charge is 0.375 e. The highest BCUT2D eigenvalue weighted by Gasteiger charge is 2.44. The normalized spacial score (nSPS) is 25.1. The first-order valence-corrected chi connectivity index (χ1v) is 7.91. The first-order chi connectivity index (χ1) is 9.11. The number of carbonyl (C=O) groups excluding carboxylic acids is 1. The topological polar surface area (TPSA) is 26.3 Å². The number of Topliss-reactive ketones (excluding diaryl/α,β-unsaturated/α-hetero) is 1. The van der Waals surface area contributed by atoms with Gasteiger partial charge in [-0.2, -0.15) is 0 Å². The SMILES string of the molecule is O=C(c1cccc(Br)c1Cl)C1CCOC2(CCC2)C1. The van der Waals surface area contributed by atoms with Crippen molar-refractivity contribution in [2.24, 2.45) is 5.92 Å². The number of ketones is 1. The van der Waals surface area contributed by atoms with E-state index in [4.69, 9.17) is 16.3 Å². The van der Waals surface area contributed by atoms with Gasteiger partial charge >= 0.3 is 0 Å². The Labute approximate surface area is 126 Å². The van der Waals surface area contributed by atoms with Crippen LogP contribution in [0.5, 0.6) is 0 Å². The molecule has 4 heteroatoms. The molecule has 1 aromatic carbocycles. The van der Waals surface area contributed by atoms with Crippen molar-refractivity contribution in [2.75, 3.05) is 6.61 Å². The number of benzene rings is 1. The fourth-order valence-corrected chi connectivity index (χ4v) is 3.67. The average Bonchev–Trinajstić information content (AvgIpc) is 2.39. The van der Waals surface area contributed by atoms with Gasteiger partial charge in [0.1, 0.15) is 0 Å². The summed E-state index contributed by atoms with van der Waals surface area (Å²) in [4.78, 5) is 12.6. The van der Waals surface area contributed by atoms with Crippen LogP contribution in [0.2, 0.25) is 5.02 Å². The minimum atomic E-state index is -0.00291. The lowest BCUT2D eigenvalue weighted by Crippen LogP contribution is -2.47. The van der Waals surface area contributed by atoms with Crippen LogP contribution in [0.25, 0.3) is 0 Å². The molecule has 2 nitrogen and oxygen atoms in total.